The lowest BCUT2D eigenvalue weighted by Gasteiger charge is -2.24. The van der Waals surface area contributed by atoms with Crippen LogP contribution in [0.1, 0.15) is 42.6 Å². The molecule has 2 aromatic carbocycles. The number of esters is 2. The van der Waals surface area contributed by atoms with Crippen LogP contribution < -0.4 is 15.8 Å². The molecule has 34 heavy (non-hydrogen) atoms. The summed E-state index contributed by atoms with van der Waals surface area (Å²) in [5, 5.41) is 3.44. The summed E-state index contributed by atoms with van der Waals surface area (Å²) in [7, 11) is 0. The molecule has 0 bridgehead atoms. The van der Waals surface area contributed by atoms with E-state index in [1.165, 1.54) is 0 Å². The van der Waals surface area contributed by atoms with Crippen LogP contribution in [0.15, 0.2) is 48.5 Å². The van der Waals surface area contributed by atoms with Crippen molar-refractivity contribution in [3.05, 3.63) is 64.7 Å². The largest absolute Gasteiger partial charge is 0.476 e. The molecule has 9 heteroatoms. The Morgan fingerprint density at radius 2 is 1.68 bits per heavy atom. The van der Waals surface area contributed by atoms with Crippen molar-refractivity contribution in [2.75, 3.05) is 19.9 Å². The van der Waals surface area contributed by atoms with E-state index in [-0.39, 0.29) is 12.5 Å². The van der Waals surface area contributed by atoms with Gasteiger partial charge in [-0.05, 0) is 75.1 Å². The van der Waals surface area contributed by atoms with Gasteiger partial charge >= 0.3 is 11.9 Å². The van der Waals surface area contributed by atoms with Crippen molar-refractivity contribution >= 4 is 29.4 Å². The summed E-state index contributed by atoms with van der Waals surface area (Å²) in [5.74, 6) is -0.792. The molecule has 1 fully saturated rings. The lowest BCUT2D eigenvalue weighted by molar-refractivity contribution is -0.180. The van der Waals surface area contributed by atoms with Crippen LogP contribution in [0.5, 0.6) is 5.75 Å². The fraction of sp³-hybridized carbons (Fsp3) is 0.400. The fourth-order valence-electron chi connectivity index (χ4n) is 3.19. The number of nitrogens with two attached hydrogens (primary N) is 1. The Morgan fingerprint density at radius 3 is 2.26 bits per heavy atom. The first-order chi connectivity index (χ1) is 16.1. The van der Waals surface area contributed by atoms with Crippen LogP contribution >= 0.6 is 11.6 Å². The van der Waals surface area contributed by atoms with Crippen molar-refractivity contribution in [3.63, 3.8) is 0 Å². The Hall–Kier alpha value is -3.10. The minimum Gasteiger partial charge on any atom is -0.476 e. The summed E-state index contributed by atoms with van der Waals surface area (Å²) in [4.78, 5) is 36.5. The highest BCUT2D eigenvalue weighted by Crippen LogP contribution is 2.45. The normalized spacial score (nSPS) is 14.1. The molecule has 0 unspecified atom stereocenters. The van der Waals surface area contributed by atoms with Crippen LogP contribution in [-0.2, 0) is 25.5 Å². The van der Waals surface area contributed by atoms with Crippen LogP contribution in [0, 0.1) is 5.41 Å². The van der Waals surface area contributed by atoms with E-state index in [0.717, 1.165) is 5.56 Å². The number of carbonyl (C=O) groups is 3. The number of nitrogens with one attached hydrogen (secondary N) is 1. The van der Waals surface area contributed by atoms with Gasteiger partial charge in [-0.15, -0.1) is 0 Å². The monoisotopic (exact) mass is 488 g/mol. The van der Waals surface area contributed by atoms with Crippen LogP contribution in [0.2, 0.25) is 5.02 Å². The fourth-order valence-corrected chi connectivity index (χ4v) is 3.32. The van der Waals surface area contributed by atoms with E-state index in [0.29, 0.717) is 42.1 Å². The highest BCUT2D eigenvalue weighted by atomic mass is 35.5. The van der Waals surface area contributed by atoms with Gasteiger partial charge in [-0.3, -0.25) is 9.59 Å². The van der Waals surface area contributed by atoms with Gasteiger partial charge in [-0.1, -0.05) is 23.7 Å². The second-order valence-electron chi connectivity index (χ2n) is 8.74. The van der Waals surface area contributed by atoms with Crippen molar-refractivity contribution in [1.82, 2.24) is 5.32 Å². The number of hydrogen-bond donors (Lipinski definition) is 2. The van der Waals surface area contributed by atoms with E-state index in [2.05, 4.69) is 5.32 Å². The third kappa shape index (κ3) is 6.71. The number of halogens is 1. The van der Waals surface area contributed by atoms with Gasteiger partial charge in [-0.25, -0.2) is 4.79 Å². The number of benzene rings is 2. The molecular formula is C25H29ClN2O6. The molecule has 1 amide bonds. The van der Waals surface area contributed by atoms with Crippen molar-refractivity contribution in [2.45, 2.75) is 38.7 Å². The summed E-state index contributed by atoms with van der Waals surface area (Å²) in [6.45, 7) is 3.34. The summed E-state index contributed by atoms with van der Waals surface area (Å²) >= 11 is 5.84. The predicted octanol–water partition coefficient (Wildman–Crippen LogP) is 3.25. The Labute approximate surface area is 203 Å². The second-order valence-corrected chi connectivity index (χ2v) is 9.17. The number of rotatable bonds is 11. The molecule has 1 aliphatic rings. The van der Waals surface area contributed by atoms with Gasteiger partial charge in [0.1, 0.15) is 5.75 Å². The third-order valence-electron chi connectivity index (χ3n) is 5.65. The molecule has 0 radical (unpaired) electrons. The summed E-state index contributed by atoms with van der Waals surface area (Å²) < 4.78 is 15.9. The highest BCUT2D eigenvalue weighted by molar-refractivity contribution is 6.30. The quantitative estimate of drug-likeness (QED) is 0.368. The molecule has 0 heterocycles. The summed E-state index contributed by atoms with van der Waals surface area (Å²) in [6.07, 6.45) is 2.01. The zero-order valence-corrected chi connectivity index (χ0v) is 20.0. The van der Waals surface area contributed by atoms with E-state index < -0.39 is 29.7 Å². The third-order valence-corrected chi connectivity index (χ3v) is 5.90. The summed E-state index contributed by atoms with van der Waals surface area (Å²) in [5.41, 5.74) is 5.22. The Morgan fingerprint density at radius 1 is 1.03 bits per heavy atom. The minimum atomic E-state index is -1.29. The van der Waals surface area contributed by atoms with Gasteiger partial charge in [0.05, 0.1) is 5.41 Å². The molecule has 0 aliphatic heterocycles. The van der Waals surface area contributed by atoms with Gasteiger partial charge in [0.2, 0.25) is 6.79 Å². The number of hydrogen-bond acceptors (Lipinski definition) is 7. The first kappa shape index (κ1) is 25.5. The predicted molar refractivity (Wildman–Crippen MR) is 126 cm³/mol. The highest BCUT2D eigenvalue weighted by Gasteiger charge is 2.50. The molecule has 0 atom stereocenters. The van der Waals surface area contributed by atoms with Gasteiger partial charge in [0, 0.05) is 23.7 Å². The number of ether oxygens (including phenoxy) is 3. The molecule has 0 spiro atoms. The minimum absolute atomic E-state index is 0.169. The van der Waals surface area contributed by atoms with Gasteiger partial charge in [0.15, 0.2) is 5.60 Å². The molecule has 8 nitrogen and oxygen atoms in total. The maximum Gasteiger partial charge on any atom is 0.352 e. The first-order valence-corrected chi connectivity index (χ1v) is 11.4. The SMILES string of the molecule is CC(C)(Oc1ccc(CCNC(=O)c2ccc(Cl)cc2)cc1)C(=O)OCOC(=O)C1(CN)CC1. The zero-order valence-electron chi connectivity index (χ0n) is 19.3. The number of carbonyl (C=O) groups excluding carboxylic acids is 3. The lowest BCUT2D eigenvalue weighted by Crippen LogP contribution is -2.40. The van der Waals surface area contributed by atoms with E-state index in [9.17, 15) is 14.4 Å². The maximum atomic E-state index is 12.4. The Kier molecular flexibility index (Phi) is 8.17. The molecule has 182 valence electrons. The molecule has 3 rings (SSSR count). The molecule has 2 aromatic rings. The van der Waals surface area contributed by atoms with Crippen LogP contribution in [0.4, 0.5) is 0 Å². The van der Waals surface area contributed by atoms with Crippen molar-refractivity contribution in [1.29, 1.82) is 0 Å². The van der Waals surface area contributed by atoms with Gasteiger partial charge in [0.25, 0.3) is 5.91 Å². The molecule has 3 N–H and O–H groups in total. The molecule has 1 aliphatic carbocycles. The smallest absolute Gasteiger partial charge is 0.352 e. The van der Waals surface area contributed by atoms with Crippen molar-refractivity contribution < 1.29 is 28.6 Å². The number of amides is 1. The van der Waals surface area contributed by atoms with Gasteiger partial charge in [-0.2, -0.15) is 0 Å². The first-order valence-electron chi connectivity index (χ1n) is 11.0. The maximum absolute atomic E-state index is 12.4. The van der Waals surface area contributed by atoms with Crippen LogP contribution in [0.3, 0.4) is 0 Å². The van der Waals surface area contributed by atoms with Crippen molar-refractivity contribution in [3.8, 4) is 5.75 Å². The van der Waals surface area contributed by atoms with Crippen molar-refractivity contribution in [2.24, 2.45) is 11.1 Å². The molecular weight excluding hydrogens is 460 g/mol. The summed E-state index contributed by atoms with van der Waals surface area (Å²) in [6, 6.07) is 13.9. The van der Waals surface area contributed by atoms with E-state index in [1.807, 2.05) is 12.1 Å². The Balaban J connectivity index is 1.41. The topological polar surface area (TPSA) is 117 Å². The zero-order chi connectivity index (χ0) is 24.8. The average molecular weight is 489 g/mol. The Bertz CT molecular complexity index is 1020. The van der Waals surface area contributed by atoms with Crippen LogP contribution in [0.25, 0.3) is 0 Å². The molecule has 0 aromatic heterocycles. The van der Waals surface area contributed by atoms with E-state index >= 15 is 0 Å². The molecule has 0 saturated heterocycles. The van der Waals surface area contributed by atoms with E-state index in [1.54, 1.807) is 50.2 Å². The average Bonchev–Trinajstić information content (AvgIpc) is 3.62. The molecule has 1 saturated carbocycles. The van der Waals surface area contributed by atoms with Crippen LogP contribution in [-0.4, -0.2) is 43.3 Å². The lowest BCUT2D eigenvalue weighted by atomic mass is 10.1. The van der Waals surface area contributed by atoms with E-state index in [4.69, 9.17) is 31.5 Å². The standard InChI is InChI=1S/C25H29ClN2O6/c1-24(2,22(30)32-16-33-23(31)25(15-27)12-13-25)34-20-9-3-17(4-10-20)11-14-28-21(29)18-5-7-19(26)8-6-18/h3-10H,11-16,27H2,1-2H3,(H,28,29). The second kappa shape index (κ2) is 10.9. The van der Waals surface area contributed by atoms with Gasteiger partial charge < -0.3 is 25.3 Å².